The first-order valence-corrected chi connectivity index (χ1v) is 8.64. The molecule has 0 saturated carbocycles. The Hall–Kier alpha value is -2.48. The van der Waals surface area contributed by atoms with Gasteiger partial charge in [0.15, 0.2) is 0 Å². The van der Waals surface area contributed by atoms with Crippen molar-refractivity contribution in [2.45, 2.75) is 17.6 Å². The molecule has 1 unspecified atom stereocenters. The molecule has 3 N–H and O–H groups in total. The first-order chi connectivity index (χ1) is 11.2. The van der Waals surface area contributed by atoms with Gasteiger partial charge in [0, 0.05) is 12.5 Å². The van der Waals surface area contributed by atoms with Gasteiger partial charge in [-0.1, -0.05) is 42.5 Å². The highest BCUT2D eigenvalue weighted by molar-refractivity contribution is 7.89. The summed E-state index contributed by atoms with van der Waals surface area (Å²) in [7, 11) is -3.83. The van der Waals surface area contributed by atoms with E-state index in [1.807, 2.05) is 6.07 Å². The molecule has 124 valence electrons. The quantitative estimate of drug-likeness (QED) is 0.820. The molecule has 0 fully saturated rings. The minimum absolute atomic E-state index is 0.0574. The maximum absolute atomic E-state index is 12.2. The summed E-state index contributed by atoms with van der Waals surface area (Å²) in [5.74, 6) is -2.46. The van der Waals surface area contributed by atoms with Gasteiger partial charge in [-0.05, 0) is 23.3 Å². The van der Waals surface area contributed by atoms with Crippen LogP contribution in [0, 0.1) is 0 Å². The number of cyclic esters (lactones) is 1. The Morgan fingerprint density at radius 3 is 2.12 bits per heavy atom. The van der Waals surface area contributed by atoms with Gasteiger partial charge >= 0.3 is 5.97 Å². The lowest BCUT2D eigenvalue weighted by Crippen LogP contribution is -2.26. The normalized spacial score (nSPS) is 21.0. The van der Waals surface area contributed by atoms with Crippen LogP contribution in [0.5, 0.6) is 0 Å². The highest BCUT2D eigenvalue weighted by Gasteiger charge is 2.43. The fourth-order valence-electron chi connectivity index (χ4n) is 2.71. The Balaban J connectivity index is 2.21. The Labute approximate surface area is 139 Å². The third-order valence-electron chi connectivity index (χ3n) is 3.74. The molecule has 0 radical (unpaired) electrons. The van der Waals surface area contributed by atoms with E-state index in [2.05, 4.69) is 0 Å². The Morgan fingerprint density at radius 2 is 1.58 bits per heavy atom. The summed E-state index contributed by atoms with van der Waals surface area (Å²) in [5.41, 5.74) is 1.59. The molecule has 0 aromatic heterocycles. The van der Waals surface area contributed by atoms with E-state index in [4.69, 9.17) is 9.88 Å². The molecule has 2 aromatic carbocycles. The predicted molar refractivity (Wildman–Crippen MR) is 87.8 cm³/mol. The van der Waals surface area contributed by atoms with Crippen LogP contribution in [0.25, 0.3) is 11.1 Å². The van der Waals surface area contributed by atoms with Crippen molar-refractivity contribution in [3.05, 3.63) is 65.7 Å². The van der Waals surface area contributed by atoms with E-state index in [0.29, 0.717) is 11.1 Å². The molecule has 0 aliphatic carbocycles. The van der Waals surface area contributed by atoms with E-state index in [-0.39, 0.29) is 16.0 Å². The van der Waals surface area contributed by atoms with Crippen LogP contribution < -0.4 is 5.14 Å². The summed E-state index contributed by atoms with van der Waals surface area (Å²) in [6, 6.07) is 14.4. The van der Waals surface area contributed by atoms with Crippen molar-refractivity contribution >= 4 is 27.1 Å². The average Bonchev–Trinajstić information content (AvgIpc) is 2.76. The van der Waals surface area contributed by atoms with Crippen LogP contribution in [-0.4, -0.2) is 25.3 Å². The molecule has 24 heavy (non-hydrogen) atoms. The molecule has 3 rings (SSSR count). The van der Waals surface area contributed by atoms with Gasteiger partial charge in [0.05, 0.1) is 10.5 Å². The number of esters is 1. The second-order valence-electron chi connectivity index (χ2n) is 5.56. The maximum Gasteiger partial charge on any atom is 0.342 e. The molecule has 1 heterocycles. The van der Waals surface area contributed by atoms with E-state index < -0.39 is 21.8 Å². The minimum atomic E-state index is -3.83. The summed E-state index contributed by atoms with van der Waals surface area (Å²) in [6.07, 6.45) is 0. The van der Waals surface area contributed by atoms with Gasteiger partial charge in [0.25, 0.3) is 0 Å². The summed E-state index contributed by atoms with van der Waals surface area (Å²) in [4.78, 5) is 12.2. The van der Waals surface area contributed by atoms with Gasteiger partial charge in [-0.15, -0.1) is 0 Å². The van der Waals surface area contributed by atoms with Crippen molar-refractivity contribution in [3.8, 4) is 0 Å². The highest BCUT2D eigenvalue weighted by atomic mass is 32.2. The molecule has 0 amide bonds. The first-order valence-electron chi connectivity index (χ1n) is 7.09. The zero-order valence-electron chi connectivity index (χ0n) is 12.8. The van der Waals surface area contributed by atoms with E-state index in [1.54, 1.807) is 24.3 Å². The summed E-state index contributed by atoms with van der Waals surface area (Å²) in [6.45, 7) is 1.36. The molecular weight excluding hydrogens is 330 g/mol. The number of rotatable bonds is 3. The van der Waals surface area contributed by atoms with Crippen LogP contribution in [0.4, 0.5) is 0 Å². The van der Waals surface area contributed by atoms with Gasteiger partial charge in [0.2, 0.25) is 15.8 Å². The lowest BCUT2D eigenvalue weighted by Gasteiger charge is -2.20. The monoisotopic (exact) mass is 345 g/mol. The molecule has 1 aliphatic heterocycles. The van der Waals surface area contributed by atoms with Crippen LogP contribution >= 0.6 is 0 Å². The minimum Gasteiger partial charge on any atom is -0.425 e. The lowest BCUT2D eigenvalue weighted by atomic mass is 9.92. The van der Waals surface area contributed by atoms with Gasteiger partial charge in [-0.3, -0.25) is 0 Å². The Morgan fingerprint density at radius 1 is 1.00 bits per heavy atom. The Kier molecular flexibility index (Phi) is 3.79. The van der Waals surface area contributed by atoms with Crippen molar-refractivity contribution in [1.82, 2.24) is 0 Å². The van der Waals surface area contributed by atoms with Crippen molar-refractivity contribution in [2.75, 3.05) is 0 Å². The van der Waals surface area contributed by atoms with Crippen LogP contribution in [0.15, 0.2) is 59.5 Å². The fraction of sp³-hybridized carbons (Fsp3) is 0.118. The topological polar surface area (TPSA) is 107 Å². The van der Waals surface area contributed by atoms with Crippen molar-refractivity contribution in [1.29, 1.82) is 0 Å². The van der Waals surface area contributed by atoms with Gasteiger partial charge in [-0.2, -0.15) is 0 Å². The third-order valence-corrected chi connectivity index (χ3v) is 4.67. The molecule has 2 aromatic rings. The molecule has 1 atom stereocenters. The SMILES string of the molecule is CC1(O)OC(=O)C(c2ccccc2)=C1c1ccc(S(N)(=O)=O)cc1. The molecule has 0 spiro atoms. The third kappa shape index (κ3) is 2.84. The van der Waals surface area contributed by atoms with Crippen LogP contribution in [0.2, 0.25) is 0 Å². The summed E-state index contributed by atoms with van der Waals surface area (Å²) >= 11 is 0. The average molecular weight is 345 g/mol. The predicted octanol–water partition coefficient (Wildman–Crippen LogP) is 1.51. The second kappa shape index (κ2) is 5.55. The fourth-order valence-corrected chi connectivity index (χ4v) is 3.22. The van der Waals surface area contributed by atoms with Gasteiger partial charge in [-0.25, -0.2) is 18.4 Å². The number of primary sulfonamides is 1. The number of carbonyl (C=O) groups is 1. The lowest BCUT2D eigenvalue weighted by molar-refractivity contribution is -0.169. The molecule has 1 aliphatic rings. The van der Waals surface area contributed by atoms with Gasteiger partial charge in [0.1, 0.15) is 0 Å². The Bertz CT molecular complexity index is 929. The van der Waals surface area contributed by atoms with Crippen molar-refractivity contribution < 1.29 is 23.1 Å². The number of ether oxygens (including phenoxy) is 1. The number of carbonyl (C=O) groups excluding carboxylic acids is 1. The number of sulfonamides is 1. The van der Waals surface area contributed by atoms with E-state index >= 15 is 0 Å². The molecule has 0 bridgehead atoms. The summed E-state index contributed by atoms with van der Waals surface area (Å²) in [5, 5.41) is 15.6. The number of aliphatic hydroxyl groups is 1. The zero-order valence-corrected chi connectivity index (χ0v) is 13.6. The van der Waals surface area contributed by atoms with Crippen LogP contribution in [0.3, 0.4) is 0 Å². The zero-order chi connectivity index (χ0) is 17.5. The molecule has 0 saturated heterocycles. The van der Waals surface area contributed by atoms with Crippen molar-refractivity contribution in [2.24, 2.45) is 5.14 Å². The van der Waals surface area contributed by atoms with E-state index in [0.717, 1.165) is 0 Å². The maximum atomic E-state index is 12.2. The van der Waals surface area contributed by atoms with E-state index in [9.17, 15) is 18.3 Å². The van der Waals surface area contributed by atoms with Crippen LogP contribution in [0.1, 0.15) is 18.1 Å². The van der Waals surface area contributed by atoms with E-state index in [1.165, 1.54) is 31.2 Å². The number of nitrogens with two attached hydrogens (primary N) is 1. The number of benzene rings is 2. The second-order valence-corrected chi connectivity index (χ2v) is 7.12. The van der Waals surface area contributed by atoms with Crippen molar-refractivity contribution in [3.63, 3.8) is 0 Å². The summed E-state index contributed by atoms with van der Waals surface area (Å²) < 4.78 is 27.8. The largest absolute Gasteiger partial charge is 0.425 e. The molecule has 7 heteroatoms. The van der Waals surface area contributed by atoms with Crippen LogP contribution in [-0.2, 0) is 19.6 Å². The molecule has 6 nitrogen and oxygen atoms in total. The number of hydrogen-bond donors (Lipinski definition) is 2. The smallest absolute Gasteiger partial charge is 0.342 e. The first kappa shape index (κ1) is 16.4. The van der Waals surface area contributed by atoms with Gasteiger partial charge < -0.3 is 9.84 Å². The standard InChI is InChI=1S/C17H15NO5S/c1-17(20)15(12-7-9-13(10-8-12)24(18,21)22)14(16(19)23-17)11-5-3-2-4-6-11/h2-10,20H,1H3,(H2,18,21,22). The highest BCUT2D eigenvalue weighted by Crippen LogP contribution is 2.42. The number of hydrogen-bond acceptors (Lipinski definition) is 5. The molecular formula is C17H15NO5S.